The molecule has 0 amide bonds. The number of hydrogen-bond donors (Lipinski definition) is 4. The Labute approximate surface area is 181 Å². The smallest absolute Gasteiger partial charge is 0.328 e. The molecule has 0 bridgehead atoms. The van der Waals surface area contributed by atoms with Crippen LogP contribution in [0.1, 0.15) is 90.4 Å². The zero-order chi connectivity index (χ0) is 22.3. The minimum atomic E-state index is -1.99. The summed E-state index contributed by atoms with van der Waals surface area (Å²) in [5, 5.41) is 28.0. The standard InChI is InChI=1S/C23H43NO6/c1-2-3-4-12-15-22(29-17-18-30-22)16-13-10-8-6-5-7-9-11-14-20(26)23(24,19-25)21(27)28/h7,9,20,25-26H,2-6,8,10-19,24H2,1H3,(H,27,28)/b9-7+/t20-,23+/m1/s1. The van der Waals surface area contributed by atoms with Crippen LogP contribution in [0.25, 0.3) is 0 Å². The fourth-order valence-electron chi connectivity index (χ4n) is 3.80. The van der Waals surface area contributed by atoms with E-state index < -0.39 is 24.2 Å². The van der Waals surface area contributed by atoms with Crippen LogP contribution in [0.15, 0.2) is 12.2 Å². The molecular weight excluding hydrogens is 386 g/mol. The van der Waals surface area contributed by atoms with Crippen molar-refractivity contribution in [3.05, 3.63) is 12.2 Å². The fourth-order valence-corrected chi connectivity index (χ4v) is 3.80. The zero-order valence-electron chi connectivity index (χ0n) is 18.7. The van der Waals surface area contributed by atoms with E-state index in [0.717, 1.165) is 44.9 Å². The van der Waals surface area contributed by atoms with Crippen LogP contribution in [0.5, 0.6) is 0 Å². The van der Waals surface area contributed by atoms with Crippen LogP contribution in [-0.4, -0.2) is 58.5 Å². The third-order valence-corrected chi connectivity index (χ3v) is 5.93. The number of carboxylic acids is 1. The van der Waals surface area contributed by atoms with Gasteiger partial charge in [0.15, 0.2) is 11.3 Å². The van der Waals surface area contributed by atoms with Crippen LogP contribution < -0.4 is 5.73 Å². The first-order valence-electron chi connectivity index (χ1n) is 11.6. The summed E-state index contributed by atoms with van der Waals surface area (Å²) in [5.41, 5.74) is 3.55. The topological polar surface area (TPSA) is 122 Å². The number of unbranched alkanes of at least 4 members (excludes halogenated alkanes) is 7. The Balaban J connectivity index is 2.11. The number of allylic oxidation sites excluding steroid dienone is 2. The second kappa shape index (κ2) is 14.9. The number of carboxylic acid groups (broad SMARTS) is 1. The zero-order valence-corrected chi connectivity index (χ0v) is 18.7. The molecule has 0 aliphatic carbocycles. The molecule has 0 aromatic carbocycles. The predicted molar refractivity (Wildman–Crippen MR) is 117 cm³/mol. The highest BCUT2D eigenvalue weighted by Crippen LogP contribution is 2.31. The monoisotopic (exact) mass is 429 g/mol. The van der Waals surface area contributed by atoms with E-state index in [0.29, 0.717) is 19.6 Å². The molecule has 1 heterocycles. The fraction of sp³-hybridized carbons (Fsp3) is 0.870. The van der Waals surface area contributed by atoms with Crippen molar-refractivity contribution in [3.8, 4) is 0 Å². The van der Waals surface area contributed by atoms with Gasteiger partial charge in [0.2, 0.25) is 0 Å². The lowest BCUT2D eigenvalue weighted by Crippen LogP contribution is -2.60. The molecule has 0 spiro atoms. The maximum atomic E-state index is 11.1. The lowest BCUT2D eigenvalue weighted by Gasteiger charge is -2.27. The highest BCUT2D eigenvalue weighted by molar-refractivity contribution is 5.79. The van der Waals surface area contributed by atoms with Gasteiger partial charge in [-0.1, -0.05) is 51.2 Å². The van der Waals surface area contributed by atoms with Gasteiger partial charge in [-0.25, -0.2) is 0 Å². The Morgan fingerprint density at radius 2 is 1.60 bits per heavy atom. The molecule has 0 aromatic heterocycles. The van der Waals surface area contributed by atoms with Crippen LogP contribution >= 0.6 is 0 Å². The summed E-state index contributed by atoms with van der Waals surface area (Å²) in [6, 6.07) is 0. The number of aliphatic hydroxyl groups is 2. The average molecular weight is 430 g/mol. The molecule has 1 aliphatic heterocycles. The number of hydrogen-bond acceptors (Lipinski definition) is 6. The first kappa shape index (κ1) is 27.0. The number of rotatable bonds is 18. The van der Waals surface area contributed by atoms with Crippen molar-refractivity contribution in [1.29, 1.82) is 0 Å². The number of nitrogens with two attached hydrogens (primary N) is 1. The number of aliphatic carboxylic acids is 1. The number of aliphatic hydroxyl groups excluding tert-OH is 2. The quantitative estimate of drug-likeness (QED) is 0.194. The van der Waals surface area contributed by atoms with E-state index in [1.165, 1.54) is 25.7 Å². The molecule has 2 atom stereocenters. The Bertz CT molecular complexity index is 492. The Hall–Kier alpha value is -0.990. The third kappa shape index (κ3) is 9.43. The second-order valence-electron chi connectivity index (χ2n) is 8.44. The van der Waals surface area contributed by atoms with Crippen molar-refractivity contribution < 1.29 is 29.6 Å². The third-order valence-electron chi connectivity index (χ3n) is 5.93. The highest BCUT2D eigenvalue weighted by atomic mass is 16.7. The first-order chi connectivity index (χ1) is 14.4. The van der Waals surface area contributed by atoms with Crippen molar-refractivity contribution in [2.75, 3.05) is 19.8 Å². The summed E-state index contributed by atoms with van der Waals surface area (Å²) >= 11 is 0. The molecule has 7 heteroatoms. The summed E-state index contributed by atoms with van der Waals surface area (Å²) in [6.45, 7) is 2.86. The molecule has 1 rings (SSSR count). The van der Waals surface area contributed by atoms with Gasteiger partial charge in [-0.3, -0.25) is 4.79 Å². The van der Waals surface area contributed by atoms with Crippen molar-refractivity contribution in [1.82, 2.24) is 0 Å². The van der Waals surface area contributed by atoms with Gasteiger partial charge in [-0.15, -0.1) is 0 Å². The lowest BCUT2D eigenvalue weighted by molar-refractivity contribution is -0.168. The van der Waals surface area contributed by atoms with Crippen molar-refractivity contribution >= 4 is 5.97 Å². The van der Waals surface area contributed by atoms with E-state index in [1.54, 1.807) is 0 Å². The van der Waals surface area contributed by atoms with E-state index in [4.69, 9.17) is 25.4 Å². The first-order valence-corrected chi connectivity index (χ1v) is 11.6. The van der Waals surface area contributed by atoms with E-state index in [1.807, 2.05) is 6.08 Å². The van der Waals surface area contributed by atoms with Crippen LogP contribution in [0.2, 0.25) is 0 Å². The molecule has 1 aliphatic rings. The van der Waals surface area contributed by atoms with Gasteiger partial charge in [-0.05, 0) is 38.5 Å². The SMILES string of the molecule is CCCCCCC1(CCCCCC/C=C/CC[C@@H](O)[C@@](N)(CO)C(=O)O)OCCO1. The highest BCUT2D eigenvalue weighted by Gasteiger charge is 2.40. The Morgan fingerprint density at radius 1 is 1.03 bits per heavy atom. The largest absolute Gasteiger partial charge is 0.480 e. The van der Waals surface area contributed by atoms with Crippen LogP contribution in [0.3, 0.4) is 0 Å². The van der Waals surface area contributed by atoms with Gasteiger partial charge in [0, 0.05) is 12.8 Å². The van der Waals surface area contributed by atoms with Crippen LogP contribution in [0.4, 0.5) is 0 Å². The molecule has 0 radical (unpaired) electrons. The summed E-state index contributed by atoms with van der Waals surface area (Å²) in [6.07, 6.45) is 15.8. The molecule has 30 heavy (non-hydrogen) atoms. The van der Waals surface area contributed by atoms with Gasteiger partial charge in [0.1, 0.15) is 0 Å². The molecule has 0 saturated carbocycles. The lowest BCUT2D eigenvalue weighted by atomic mass is 9.91. The maximum Gasteiger partial charge on any atom is 0.328 e. The summed E-state index contributed by atoms with van der Waals surface area (Å²) < 4.78 is 11.9. The van der Waals surface area contributed by atoms with E-state index in [2.05, 4.69) is 13.0 Å². The second-order valence-corrected chi connectivity index (χ2v) is 8.44. The number of carbonyl (C=O) groups is 1. The molecule has 176 valence electrons. The molecule has 0 aromatic rings. The van der Waals surface area contributed by atoms with Gasteiger partial charge >= 0.3 is 5.97 Å². The minimum absolute atomic E-state index is 0.209. The van der Waals surface area contributed by atoms with Crippen LogP contribution in [-0.2, 0) is 14.3 Å². The van der Waals surface area contributed by atoms with Crippen LogP contribution in [0, 0.1) is 0 Å². The molecule has 1 saturated heterocycles. The van der Waals surface area contributed by atoms with Gasteiger partial charge in [-0.2, -0.15) is 0 Å². The molecular formula is C23H43NO6. The molecule has 7 nitrogen and oxygen atoms in total. The average Bonchev–Trinajstić information content (AvgIpc) is 3.20. The Morgan fingerprint density at radius 3 is 2.17 bits per heavy atom. The summed E-state index contributed by atoms with van der Waals surface area (Å²) in [7, 11) is 0. The minimum Gasteiger partial charge on any atom is -0.480 e. The normalized spacial score (nSPS) is 19.2. The van der Waals surface area contributed by atoms with Gasteiger partial charge < -0.3 is 30.5 Å². The number of ether oxygens (including phenoxy) is 2. The summed E-state index contributed by atoms with van der Waals surface area (Å²) in [4.78, 5) is 11.1. The van der Waals surface area contributed by atoms with E-state index >= 15 is 0 Å². The van der Waals surface area contributed by atoms with Crippen molar-refractivity contribution in [3.63, 3.8) is 0 Å². The molecule has 5 N–H and O–H groups in total. The van der Waals surface area contributed by atoms with Gasteiger partial charge in [0.25, 0.3) is 0 Å². The van der Waals surface area contributed by atoms with E-state index in [-0.39, 0.29) is 12.2 Å². The van der Waals surface area contributed by atoms with E-state index in [9.17, 15) is 9.90 Å². The Kier molecular flexibility index (Phi) is 13.4. The molecule has 0 unspecified atom stereocenters. The maximum absolute atomic E-state index is 11.1. The van der Waals surface area contributed by atoms with Gasteiger partial charge in [0.05, 0.1) is 25.9 Å². The van der Waals surface area contributed by atoms with Crippen molar-refractivity contribution in [2.45, 2.75) is 108 Å². The van der Waals surface area contributed by atoms with Crippen molar-refractivity contribution in [2.24, 2.45) is 5.73 Å². The molecule has 1 fully saturated rings. The predicted octanol–water partition coefficient (Wildman–Crippen LogP) is 3.51. The summed E-state index contributed by atoms with van der Waals surface area (Å²) in [5.74, 6) is -1.73.